The van der Waals surface area contributed by atoms with Crippen molar-refractivity contribution >= 4 is 17.8 Å². The molecule has 0 aromatic heterocycles. The van der Waals surface area contributed by atoms with Gasteiger partial charge in [-0.1, -0.05) is 0 Å². The molecule has 0 spiro atoms. The molecule has 0 aromatic rings. The Morgan fingerprint density at radius 3 is 2.28 bits per heavy atom. The molecular formula is C19H32F2N2O9. The summed E-state index contributed by atoms with van der Waals surface area (Å²) in [5.74, 6) is -6.79. The molecule has 0 unspecified atom stereocenters. The number of hydrogen-bond donors (Lipinski definition) is 5. The van der Waals surface area contributed by atoms with E-state index in [1.807, 2.05) is 0 Å². The normalized spacial score (nSPS) is 30.2. The van der Waals surface area contributed by atoms with Gasteiger partial charge >= 0.3 is 17.8 Å². The number of halogens is 2. The third kappa shape index (κ3) is 6.78. The highest BCUT2D eigenvalue weighted by molar-refractivity contribution is 5.79. The number of hydrogen-bond acceptors (Lipinski definition) is 10. The van der Waals surface area contributed by atoms with Crippen molar-refractivity contribution in [3.05, 3.63) is 0 Å². The summed E-state index contributed by atoms with van der Waals surface area (Å²) in [5.41, 5.74) is 4.93. The number of aliphatic hydroxyl groups excluding tert-OH is 3. The van der Waals surface area contributed by atoms with Crippen molar-refractivity contribution in [2.45, 2.75) is 76.5 Å². The zero-order valence-corrected chi connectivity index (χ0v) is 18.4. The van der Waals surface area contributed by atoms with Crippen LogP contribution in [0.5, 0.6) is 0 Å². The molecule has 1 aliphatic rings. The molecule has 6 N–H and O–H groups in total. The number of amides is 1. The van der Waals surface area contributed by atoms with Crippen LogP contribution in [0.15, 0.2) is 0 Å². The Kier molecular flexibility index (Phi) is 9.90. The fraction of sp³-hybridized carbons (Fsp3) is 0.842. The highest BCUT2D eigenvalue weighted by atomic mass is 19.2. The highest BCUT2D eigenvalue weighted by Gasteiger charge is 2.62. The smallest absolute Gasteiger partial charge is 0.375 e. The van der Waals surface area contributed by atoms with E-state index in [2.05, 4.69) is 5.32 Å². The molecule has 1 aliphatic heterocycles. The summed E-state index contributed by atoms with van der Waals surface area (Å²) in [5, 5.41) is 31.1. The number of esters is 2. The molecule has 0 aromatic carbocycles. The van der Waals surface area contributed by atoms with Gasteiger partial charge in [0.05, 0.1) is 37.3 Å². The van der Waals surface area contributed by atoms with Gasteiger partial charge in [-0.2, -0.15) is 4.39 Å². The van der Waals surface area contributed by atoms with E-state index < -0.39 is 78.9 Å². The van der Waals surface area contributed by atoms with Gasteiger partial charge in [0.2, 0.25) is 5.91 Å². The van der Waals surface area contributed by atoms with E-state index in [4.69, 9.17) is 25.1 Å². The molecule has 186 valence electrons. The summed E-state index contributed by atoms with van der Waals surface area (Å²) >= 11 is 0. The maximum Gasteiger partial charge on any atom is 0.375 e. The van der Waals surface area contributed by atoms with Crippen LogP contribution >= 0.6 is 0 Å². The molecule has 13 heteroatoms. The van der Waals surface area contributed by atoms with Gasteiger partial charge in [-0.25, -0.2) is 9.18 Å². The lowest BCUT2D eigenvalue weighted by Crippen LogP contribution is -2.73. The molecular weight excluding hydrogens is 438 g/mol. The van der Waals surface area contributed by atoms with Gasteiger partial charge in [-0.05, 0) is 20.8 Å². The largest absolute Gasteiger partial charge is 0.465 e. The third-order valence-corrected chi connectivity index (χ3v) is 4.70. The van der Waals surface area contributed by atoms with Gasteiger partial charge in [0.1, 0.15) is 18.3 Å². The molecule has 0 bridgehead atoms. The SMILES string of the molecule is CC(=O)N[C@@H]1[C@@H](N)[C@@H](F)[C@](F)(C(=O)OCCCOC(=O)C(C)(C)C)O[C@H]1[C@H](O)[C@H](O)CO. The lowest BCUT2D eigenvalue weighted by molar-refractivity contribution is -0.278. The molecule has 1 rings (SSSR count). The van der Waals surface area contributed by atoms with Crippen molar-refractivity contribution in [1.29, 1.82) is 0 Å². The van der Waals surface area contributed by atoms with Gasteiger partial charge in [0, 0.05) is 13.3 Å². The van der Waals surface area contributed by atoms with E-state index in [-0.39, 0.29) is 13.0 Å². The average molecular weight is 470 g/mol. The second-order valence-electron chi connectivity index (χ2n) is 8.55. The minimum atomic E-state index is -3.77. The standard InChI is InChI=1S/C19H32F2N2O9/c1-9(25)23-12-11(22)15(20)19(21,32-14(12)13(27)10(26)8-24)17(29)31-7-5-6-30-16(28)18(2,3)4/h10-15,24,26-27H,5-8,22H2,1-4H3,(H,23,25)/t10-,11-,12-,13-,14-,15-,19-/m1/s1. The summed E-state index contributed by atoms with van der Waals surface area (Å²) in [6.45, 7) is 4.40. The third-order valence-electron chi connectivity index (χ3n) is 4.70. The van der Waals surface area contributed by atoms with E-state index in [1.165, 1.54) is 0 Å². The number of nitrogens with two attached hydrogens (primary N) is 1. The number of carbonyl (C=O) groups is 3. The predicted octanol–water partition coefficient (Wildman–Crippen LogP) is -1.54. The number of carbonyl (C=O) groups excluding carboxylic acids is 3. The van der Waals surface area contributed by atoms with Crippen LogP contribution in [0, 0.1) is 5.41 Å². The Morgan fingerprint density at radius 1 is 1.22 bits per heavy atom. The number of aliphatic hydroxyl groups is 3. The van der Waals surface area contributed by atoms with Crippen molar-refractivity contribution in [3.63, 3.8) is 0 Å². The summed E-state index contributed by atoms with van der Waals surface area (Å²) in [7, 11) is 0. The maximum atomic E-state index is 15.3. The second-order valence-corrected chi connectivity index (χ2v) is 8.55. The zero-order chi connectivity index (χ0) is 24.9. The van der Waals surface area contributed by atoms with Gasteiger partial charge < -0.3 is 40.6 Å². The molecule has 32 heavy (non-hydrogen) atoms. The number of rotatable bonds is 9. The van der Waals surface area contributed by atoms with Crippen LogP contribution in [0.25, 0.3) is 0 Å². The molecule has 0 saturated carbocycles. The van der Waals surface area contributed by atoms with E-state index >= 15 is 4.39 Å². The first kappa shape index (κ1) is 28.1. The molecule has 1 amide bonds. The molecule has 11 nitrogen and oxygen atoms in total. The van der Waals surface area contributed by atoms with E-state index in [0.717, 1.165) is 6.92 Å². The number of alkyl halides is 2. The fourth-order valence-corrected chi connectivity index (χ4v) is 2.87. The Hall–Kier alpha value is -1.93. The van der Waals surface area contributed by atoms with Crippen molar-refractivity contribution in [3.8, 4) is 0 Å². The van der Waals surface area contributed by atoms with Crippen molar-refractivity contribution in [1.82, 2.24) is 5.32 Å². The quantitative estimate of drug-likeness (QED) is 0.196. The fourth-order valence-electron chi connectivity index (χ4n) is 2.87. The Bertz CT molecular complexity index is 676. The van der Waals surface area contributed by atoms with E-state index in [9.17, 15) is 29.0 Å². The van der Waals surface area contributed by atoms with Crippen LogP contribution in [0.1, 0.15) is 34.1 Å². The van der Waals surface area contributed by atoms with Gasteiger partial charge in [0.25, 0.3) is 0 Å². The minimum absolute atomic E-state index is 0.0174. The lowest BCUT2D eigenvalue weighted by Gasteiger charge is -2.46. The Morgan fingerprint density at radius 2 is 1.78 bits per heavy atom. The highest BCUT2D eigenvalue weighted by Crippen LogP contribution is 2.35. The number of ether oxygens (including phenoxy) is 3. The van der Waals surface area contributed by atoms with E-state index in [0.29, 0.717) is 0 Å². The van der Waals surface area contributed by atoms with Crippen LogP contribution in [0.2, 0.25) is 0 Å². The summed E-state index contributed by atoms with van der Waals surface area (Å²) < 4.78 is 44.6. The Labute approximate surface area is 184 Å². The molecule has 7 atom stereocenters. The first-order valence-electron chi connectivity index (χ1n) is 10.0. The Balaban J connectivity index is 2.87. The van der Waals surface area contributed by atoms with Crippen molar-refractivity contribution in [2.75, 3.05) is 19.8 Å². The second kappa shape index (κ2) is 11.3. The summed E-state index contributed by atoms with van der Waals surface area (Å²) in [4.78, 5) is 35.3. The average Bonchev–Trinajstić information content (AvgIpc) is 2.71. The van der Waals surface area contributed by atoms with Gasteiger partial charge in [0.15, 0.2) is 6.17 Å². The van der Waals surface area contributed by atoms with E-state index in [1.54, 1.807) is 20.8 Å². The van der Waals surface area contributed by atoms with Crippen LogP contribution in [-0.2, 0) is 28.6 Å². The van der Waals surface area contributed by atoms with Crippen molar-refractivity contribution < 1.29 is 52.7 Å². The van der Waals surface area contributed by atoms with Crippen LogP contribution in [0.3, 0.4) is 0 Å². The van der Waals surface area contributed by atoms with Gasteiger partial charge in [-0.15, -0.1) is 0 Å². The van der Waals surface area contributed by atoms with Gasteiger partial charge in [-0.3, -0.25) is 9.59 Å². The minimum Gasteiger partial charge on any atom is -0.465 e. The first-order chi connectivity index (χ1) is 14.7. The monoisotopic (exact) mass is 470 g/mol. The molecule has 0 radical (unpaired) electrons. The lowest BCUT2D eigenvalue weighted by atomic mass is 9.86. The first-order valence-corrected chi connectivity index (χ1v) is 10.0. The van der Waals surface area contributed by atoms with Crippen LogP contribution in [0.4, 0.5) is 8.78 Å². The predicted molar refractivity (Wildman–Crippen MR) is 104 cm³/mol. The summed E-state index contributed by atoms with van der Waals surface area (Å²) in [6.07, 6.45) is -8.61. The topological polar surface area (TPSA) is 178 Å². The molecule has 1 fully saturated rings. The van der Waals surface area contributed by atoms with Crippen LogP contribution < -0.4 is 11.1 Å². The molecule has 0 aliphatic carbocycles. The number of nitrogens with one attached hydrogen (secondary N) is 1. The molecule has 1 heterocycles. The zero-order valence-electron chi connectivity index (χ0n) is 18.4. The molecule has 1 saturated heterocycles. The summed E-state index contributed by atoms with van der Waals surface area (Å²) in [6, 6.07) is -3.41. The van der Waals surface area contributed by atoms with Crippen molar-refractivity contribution in [2.24, 2.45) is 11.1 Å². The maximum absolute atomic E-state index is 15.3. The van der Waals surface area contributed by atoms with Crippen LogP contribution in [-0.4, -0.2) is 95.4 Å².